The zero-order valence-corrected chi connectivity index (χ0v) is 34.7. The van der Waals surface area contributed by atoms with E-state index < -0.39 is 97.5 Å². The van der Waals surface area contributed by atoms with E-state index in [0.717, 1.165) is 11.9 Å². The molecule has 3 rings (SSSR count). The van der Waals surface area contributed by atoms with E-state index in [1.54, 1.807) is 32.8 Å². The van der Waals surface area contributed by atoms with Gasteiger partial charge in [-0.1, -0.05) is 32.4 Å². The summed E-state index contributed by atoms with van der Waals surface area (Å²) in [6.07, 6.45) is -6.07. The summed E-state index contributed by atoms with van der Waals surface area (Å²) in [5, 5.41) is 32.9. The highest BCUT2D eigenvalue weighted by molar-refractivity contribution is 5.80. The summed E-state index contributed by atoms with van der Waals surface area (Å²) in [6, 6.07) is -0.716. The van der Waals surface area contributed by atoms with Crippen LogP contribution in [-0.2, 0) is 52.3 Å². The van der Waals surface area contributed by atoms with Crippen molar-refractivity contribution in [3.05, 3.63) is 11.6 Å². The first-order valence-electron chi connectivity index (χ1n) is 19.7. The van der Waals surface area contributed by atoms with Crippen molar-refractivity contribution in [2.24, 2.45) is 23.7 Å². The monoisotopic (exact) mass is 787 g/mol. The highest BCUT2D eigenvalue weighted by Gasteiger charge is 2.48. The number of cyclic esters (lactones) is 1. The van der Waals surface area contributed by atoms with Crippen molar-refractivity contribution in [3.63, 3.8) is 0 Å². The van der Waals surface area contributed by atoms with Crippen molar-refractivity contribution in [3.8, 4) is 0 Å². The Balaban J connectivity index is 2.01. The molecule has 0 amide bonds. The third-order valence-electron chi connectivity index (χ3n) is 11.7. The molecule has 0 aromatic carbocycles. The minimum atomic E-state index is -1.27. The van der Waals surface area contributed by atoms with Gasteiger partial charge in [0.1, 0.15) is 42.6 Å². The van der Waals surface area contributed by atoms with Gasteiger partial charge in [-0.3, -0.25) is 9.59 Å². The fraction of sp³-hybridized carbons (Fsp3) is 0.875. The van der Waals surface area contributed by atoms with Crippen LogP contribution >= 0.6 is 0 Å². The van der Waals surface area contributed by atoms with Crippen LogP contribution in [-0.4, -0.2) is 160 Å². The molecule has 0 aliphatic carbocycles. The number of allylic oxidation sites excluding steroid dienone is 1. The molecule has 3 aliphatic rings. The van der Waals surface area contributed by atoms with Gasteiger partial charge in [-0.2, -0.15) is 0 Å². The van der Waals surface area contributed by atoms with Gasteiger partial charge >= 0.3 is 5.97 Å². The number of rotatable bonds is 12. The van der Waals surface area contributed by atoms with Crippen molar-refractivity contribution in [1.29, 1.82) is 0 Å². The summed E-state index contributed by atoms with van der Waals surface area (Å²) in [6.45, 7) is 11.0. The molecular weight excluding hydrogens is 718 g/mol. The summed E-state index contributed by atoms with van der Waals surface area (Å²) >= 11 is 0. The molecule has 2 saturated heterocycles. The SMILES string of the molecule is CC[C@H]1OC(=O)C[C@@H](O[C@H]2O[C@H](C)[C@@H](O)[C@@H](N(C)C)[C@H]2O)[C@H](C)[C@@H](OC)[C@@H](CC=O)C[C@@H](C)C(=O)CC/C(C)=C/C1CO[C@@H]1O[C@H](C)[C@@H](O)[C@@H](OC)[C@H]1OC. The molecule has 318 valence electrons. The number of aliphatic hydroxyl groups excluding tert-OH is 3. The fourth-order valence-electron chi connectivity index (χ4n) is 8.37. The maximum atomic E-state index is 14.1. The largest absolute Gasteiger partial charge is 0.462 e. The summed E-state index contributed by atoms with van der Waals surface area (Å²) in [4.78, 5) is 41.3. The van der Waals surface area contributed by atoms with Crippen LogP contribution < -0.4 is 0 Å². The van der Waals surface area contributed by atoms with E-state index >= 15 is 0 Å². The highest BCUT2D eigenvalue weighted by Crippen LogP contribution is 2.35. The zero-order valence-electron chi connectivity index (χ0n) is 34.7. The number of aldehydes is 1. The number of nitrogens with zero attached hydrogens (tertiary/aromatic N) is 1. The highest BCUT2D eigenvalue weighted by atomic mass is 16.7. The molecular formula is C40H69NO14. The molecule has 15 nitrogen and oxygen atoms in total. The quantitative estimate of drug-likeness (QED) is 0.149. The Bertz CT molecular complexity index is 1230. The molecule has 0 radical (unpaired) electrons. The van der Waals surface area contributed by atoms with Crippen LogP contribution in [0.5, 0.6) is 0 Å². The summed E-state index contributed by atoms with van der Waals surface area (Å²) in [5.74, 6) is -2.29. The van der Waals surface area contributed by atoms with Crippen molar-refractivity contribution in [2.45, 2.75) is 160 Å². The predicted molar refractivity (Wildman–Crippen MR) is 201 cm³/mol. The Morgan fingerprint density at radius 2 is 1.49 bits per heavy atom. The normalized spacial score (nSPS) is 42.7. The summed E-state index contributed by atoms with van der Waals surface area (Å²) in [7, 11) is 7.97. The molecule has 1 unspecified atom stereocenters. The molecule has 2 fully saturated rings. The third-order valence-corrected chi connectivity index (χ3v) is 11.7. The lowest BCUT2D eigenvalue weighted by molar-refractivity contribution is -0.304. The number of aliphatic hydroxyl groups is 3. The second-order valence-corrected chi connectivity index (χ2v) is 15.9. The van der Waals surface area contributed by atoms with E-state index in [0.29, 0.717) is 19.3 Å². The van der Waals surface area contributed by atoms with E-state index in [2.05, 4.69) is 0 Å². The number of esters is 1. The summed E-state index contributed by atoms with van der Waals surface area (Å²) < 4.78 is 48.2. The first-order chi connectivity index (χ1) is 26.0. The molecule has 0 aromatic rings. The van der Waals surface area contributed by atoms with Gasteiger partial charge in [0, 0.05) is 51.9 Å². The maximum Gasteiger partial charge on any atom is 0.308 e. The van der Waals surface area contributed by atoms with Crippen LogP contribution in [0, 0.1) is 23.7 Å². The third kappa shape index (κ3) is 12.3. The number of methoxy groups -OCH3 is 3. The first-order valence-corrected chi connectivity index (χ1v) is 19.7. The topological polar surface area (TPSA) is 189 Å². The molecule has 3 N–H and O–H groups in total. The minimum absolute atomic E-state index is 0.0509. The Morgan fingerprint density at radius 3 is 2.07 bits per heavy atom. The van der Waals surface area contributed by atoms with Crippen LogP contribution in [0.1, 0.15) is 80.1 Å². The van der Waals surface area contributed by atoms with E-state index in [9.17, 15) is 29.7 Å². The van der Waals surface area contributed by atoms with E-state index in [4.69, 9.17) is 37.9 Å². The number of likely N-dealkylation sites (N-methyl/N-ethyl adjacent to an activating group) is 1. The predicted octanol–water partition coefficient (Wildman–Crippen LogP) is 2.44. The second kappa shape index (κ2) is 22.3. The van der Waals surface area contributed by atoms with Gasteiger partial charge in [-0.25, -0.2) is 0 Å². The standard InChI is InChI=1S/C40H69NO14/c1-12-29-27(20-51-40-38(50-11)37(49-10)34(46)25(6)53-40)17-21(2)13-14-28(43)22(3)18-26(15-16-42)36(48-9)23(4)30(19-31(44)54-29)55-39-35(47)32(41(7)8)33(45)24(5)52-39/h16-17,22-27,29-30,32-40,45-47H,12-15,18-20H2,1-11H3/b21-17+/t22-,23+,24-,25-,26+,27?,29-,30-,32-,33-,34-,35-,36-,37-,38-,39-,40-/m1/s1. The lowest BCUT2D eigenvalue weighted by Crippen LogP contribution is -2.63. The maximum absolute atomic E-state index is 14.1. The lowest BCUT2D eigenvalue weighted by Gasteiger charge is -2.46. The second-order valence-electron chi connectivity index (χ2n) is 15.9. The average Bonchev–Trinajstić information content (AvgIpc) is 3.13. The van der Waals surface area contributed by atoms with Crippen LogP contribution in [0.3, 0.4) is 0 Å². The number of hydrogen-bond donors (Lipinski definition) is 3. The van der Waals surface area contributed by atoms with Crippen molar-refractivity contribution in [1.82, 2.24) is 4.90 Å². The average molecular weight is 788 g/mol. The number of ether oxygens (including phenoxy) is 8. The van der Waals surface area contributed by atoms with Crippen LogP contribution in [0.2, 0.25) is 0 Å². The Morgan fingerprint density at radius 1 is 0.873 bits per heavy atom. The Hall–Kier alpha value is -1.89. The Kier molecular flexibility index (Phi) is 19.3. The van der Waals surface area contributed by atoms with Gasteiger partial charge in [-0.05, 0) is 60.0 Å². The first kappa shape index (κ1) is 47.5. The van der Waals surface area contributed by atoms with Gasteiger partial charge in [0.15, 0.2) is 12.6 Å². The van der Waals surface area contributed by atoms with Crippen LogP contribution in [0.25, 0.3) is 0 Å². The molecule has 17 atom stereocenters. The zero-order chi connectivity index (χ0) is 41.1. The van der Waals surface area contributed by atoms with E-state index in [-0.39, 0.29) is 43.5 Å². The molecule has 3 aliphatic heterocycles. The van der Waals surface area contributed by atoms with Gasteiger partial charge in [0.2, 0.25) is 0 Å². The van der Waals surface area contributed by atoms with Gasteiger partial charge < -0.3 is 62.9 Å². The molecule has 0 bridgehead atoms. The smallest absolute Gasteiger partial charge is 0.308 e. The number of hydrogen-bond acceptors (Lipinski definition) is 15. The van der Waals surface area contributed by atoms with Crippen LogP contribution in [0.4, 0.5) is 0 Å². The molecule has 0 aromatic heterocycles. The van der Waals surface area contributed by atoms with Crippen molar-refractivity contribution in [2.75, 3.05) is 42.0 Å². The number of carbonyl (C=O) groups excluding carboxylic acids is 3. The molecule has 3 heterocycles. The number of ketones is 1. The number of carbonyl (C=O) groups is 3. The van der Waals surface area contributed by atoms with E-state index in [1.807, 2.05) is 33.8 Å². The minimum Gasteiger partial charge on any atom is -0.462 e. The Labute approximate surface area is 327 Å². The van der Waals surface area contributed by atoms with E-state index in [1.165, 1.54) is 21.3 Å². The van der Waals surface area contributed by atoms with Crippen molar-refractivity contribution >= 4 is 18.0 Å². The van der Waals surface area contributed by atoms with Gasteiger partial charge in [0.25, 0.3) is 0 Å². The van der Waals surface area contributed by atoms with Gasteiger partial charge in [0.05, 0.1) is 49.6 Å². The summed E-state index contributed by atoms with van der Waals surface area (Å²) in [5.41, 5.74) is 0.909. The lowest BCUT2D eigenvalue weighted by atomic mass is 9.79. The fourth-order valence-corrected chi connectivity index (χ4v) is 8.37. The van der Waals surface area contributed by atoms with Crippen molar-refractivity contribution < 1.29 is 67.6 Å². The van der Waals surface area contributed by atoms with Gasteiger partial charge in [-0.15, -0.1) is 0 Å². The molecule has 0 spiro atoms. The molecule has 15 heteroatoms. The number of Topliss-reactive ketones (excluding diaryl/α,β-unsaturated/α-hetero) is 1. The van der Waals surface area contributed by atoms with Crippen LogP contribution in [0.15, 0.2) is 11.6 Å². The molecule has 55 heavy (non-hydrogen) atoms. The molecule has 0 saturated carbocycles.